The first-order valence-electron chi connectivity index (χ1n) is 0.698. The molecule has 0 rings (SSSR count). The van der Waals surface area contributed by atoms with E-state index in [9.17, 15) is 0 Å². The Hall–Kier alpha value is 0.559. The molecule has 2 N–H and O–H groups in total. The molecular weight excluding hydrogens is 199 g/mol. The molecule has 0 bridgehead atoms. The second kappa shape index (κ2) is 2.69. The fourth-order valence-electron chi connectivity index (χ4n) is 0. The Morgan fingerprint density at radius 2 is 1.17 bits per heavy atom. The second-order valence-corrected chi connectivity index (χ2v) is 2.33. The molecule has 40 valence electrons. The maximum atomic E-state index is 8.82. The topological polar surface area (TPSA) is 74.6 Å². The van der Waals surface area contributed by atoms with Crippen LogP contribution in [0.2, 0.25) is 0 Å². The van der Waals surface area contributed by atoms with Gasteiger partial charge >= 0.3 is 29.4 Å². The van der Waals surface area contributed by atoms with Gasteiger partial charge in [-0.15, -0.1) is 0 Å². The standard InChI is InChI=1S/Fe.H2O4Se/c;1-5(2,3)4/h;(H2,1,2,3,4). The molecule has 0 heterocycles. The van der Waals surface area contributed by atoms with Gasteiger partial charge in [0.15, 0.2) is 0 Å². The van der Waals surface area contributed by atoms with Crippen LogP contribution in [0.15, 0.2) is 0 Å². The van der Waals surface area contributed by atoms with Crippen molar-refractivity contribution in [2.75, 3.05) is 0 Å². The molecule has 0 radical (unpaired) electrons. The summed E-state index contributed by atoms with van der Waals surface area (Å²) < 4.78 is 31.9. The van der Waals surface area contributed by atoms with Crippen LogP contribution in [0.5, 0.6) is 0 Å². The molecule has 6 heavy (non-hydrogen) atoms. The number of hydrogen-bond acceptors (Lipinski definition) is 2. The summed E-state index contributed by atoms with van der Waals surface area (Å²) in [4.78, 5) is 0. The average molecular weight is 201 g/mol. The van der Waals surface area contributed by atoms with Crippen molar-refractivity contribution >= 4 is 13.4 Å². The van der Waals surface area contributed by atoms with Gasteiger partial charge in [0.05, 0.1) is 0 Å². The Balaban J connectivity index is 0. The van der Waals surface area contributed by atoms with Crippen molar-refractivity contribution < 1.29 is 33.1 Å². The summed E-state index contributed by atoms with van der Waals surface area (Å²) >= 11 is -5.25. The van der Waals surface area contributed by atoms with E-state index in [0.29, 0.717) is 0 Å². The Morgan fingerprint density at radius 3 is 1.17 bits per heavy atom. The predicted molar refractivity (Wildman–Crippen MR) is 11.6 cm³/mol. The molecule has 0 amide bonds. The second-order valence-electron chi connectivity index (χ2n) is 0.448. The zero-order valence-corrected chi connectivity index (χ0v) is 5.29. The molecule has 4 nitrogen and oxygen atoms in total. The molecule has 0 aromatic carbocycles. The molecule has 0 unspecified atom stereocenters. The van der Waals surface area contributed by atoms with Crippen molar-refractivity contribution in [2.45, 2.75) is 0 Å². The van der Waals surface area contributed by atoms with Crippen LogP contribution < -0.4 is 0 Å². The zero-order chi connectivity index (χ0) is 4.50. The summed E-state index contributed by atoms with van der Waals surface area (Å²) in [6.07, 6.45) is 0. The first-order valence-corrected chi connectivity index (χ1v) is 3.63. The van der Waals surface area contributed by atoms with Crippen LogP contribution >= 0.6 is 0 Å². The summed E-state index contributed by atoms with van der Waals surface area (Å²) in [6, 6.07) is 0. The molecule has 0 saturated carbocycles. The van der Waals surface area contributed by atoms with E-state index in [1.165, 1.54) is 0 Å². The van der Waals surface area contributed by atoms with Crippen molar-refractivity contribution in [1.29, 1.82) is 0 Å². The van der Waals surface area contributed by atoms with Gasteiger partial charge in [-0.2, -0.15) is 0 Å². The Kier molecular flexibility index (Phi) is 4.37. The third-order valence-electron chi connectivity index (χ3n) is 0. The SMILES string of the molecule is O=[Se](=O)(O)O.[Fe]. The molecule has 0 atom stereocenters. The Morgan fingerprint density at radius 1 is 1.17 bits per heavy atom. The first kappa shape index (κ1) is 9.75. The van der Waals surface area contributed by atoms with Crippen LogP contribution in [0.25, 0.3) is 0 Å². The molecule has 0 aliphatic rings. The maximum absolute atomic E-state index is 8.82. The van der Waals surface area contributed by atoms with Gasteiger partial charge in [0, 0.05) is 17.1 Å². The van der Waals surface area contributed by atoms with Crippen molar-refractivity contribution in [2.24, 2.45) is 0 Å². The number of rotatable bonds is 0. The van der Waals surface area contributed by atoms with Gasteiger partial charge in [0.1, 0.15) is 0 Å². The minimum Gasteiger partial charge on any atom is 0 e. The molecule has 0 aliphatic heterocycles. The van der Waals surface area contributed by atoms with E-state index in [0.717, 1.165) is 0 Å². The van der Waals surface area contributed by atoms with Crippen LogP contribution in [-0.4, -0.2) is 21.7 Å². The third-order valence-corrected chi connectivity index (χ3v) is 0. The molecule has 0 aromatic rings. The van der Waals surface area contributed by atoms with Gasteiger partial charge in [-0.1, -0.05) is 0 Å². The van der Waals surface area contributed by atoms with Crippen LogP contribution in [-0.2, 0) is 24.7 Å². The summed E-state index contributed by atoms with van der Waals surface area (Å²) in [7, 11) is 0. The zero-order valence-electron chi connectivity index (χ0n) is 2.47. The fourth-order valence-corrected chi connectivity index (χ4v) is 0. The van der Waals surface area contributed by atoms with Crippen molar-refractivity contribution in [3.8, 4) is 0 Å². The van der Waals surface area contributed by atoms with Gasteiger partial charge in [0.2, 0.25) is 0 Å². The predicted octanol–water partition coefficient (Wildman–Crippen LogP) is -1.73. The van der Waals surface area contributed by atoms with Crippen LogP contribution in [0.1, 0.15) is 0 Å². The Labute approximate surface area is 46.9 Å². The molecule has 6 heteroatoms. The first-order chi connectivity index (χ1) is 2.00. The number of hydrogen-bond donors (Lipinski definition) is 2. The minimum absolute atomic E-state index is 0. The van der Waals surface area contributed by atoms with Gasteiger partial charge in [-0.3, -0.25) is 0 Å². The van der Waals surface area contributed by atoms with E-state index < -0.39 is 13.4 Å². The van der Waals surface area contributed by atoms with Crippen LogP contribution in [0.4, 0.5) is 0 Å². The van der Waals surface area contributed by atoms with Gasteiger partial charge in [-0.05, 0) is 0 Å². The van der Waals surface area contributed by atoms with E-state index in [1.807, 2.05) is 0 Å². The van der Waals surface area contributed by atoms with Crippen molar-refractivity contribution in [3.63, 3.8) is 0 Å². The summed E-state index contributed by atoms with van der Waals surface area (Å²) in [5.74, 6) is 0. The van der Waals surface area contributed by atoms with E-state index in [2.05, 4.69) is 0 Å². The van der Waals surface area contributed by atoms with E-state index in [-0.39, 0.29) is 17.1 Å². The summed E-state index contributed by atoms with van der Waals surface area (Å²) in [5, 5.41) is 0. The quantitative estimate of drug-likeness (QED) is 0.456. The van der Waals surface area contributed by atoms with Crippen LogP contribution in [0, 0.1) is 0 Å². The van der Waals surface area contributed by atoms with E-state index in [1.54, 1.807) is 0 Å². The van der Waals surface area contributed by atoms with Gasteiger partial charge in [-0.25, -0.2) is 0 Å². The fraction of sp³-hybridized carbons (Fsp3) is 0. The molecule has 0 spiro atoms. The van der Waals surface area contributed by atoms with Crippen LogP contribution in [0.3, 0.4) is 0 Å². The smallest absolute Gasteiger partial charge is 0 e. The summed E-state index contributed by atoms with van der Waals surface area (Å²) in [5.41, 5.74) is 0. The molecular formula is H2FeO4Se. The minimum atomic E-state index is -5.25. The van der Waals surface area contributed by atoms with Gasteiger partial charge < -0.3 is 0 Å². The summed E-state index contributed by atoms with van der Waals surface area (Å²) in [6.45, 7) is 0. The monoisotopic (exact) mass is 202 g/mol. The molecule has 0 aromatic heterocycles. The maximum Gasteiger partial charge on any atom is 0 e. The van der Waals surface area contributed by atoms with Crippen molar-refractivity contribution in [3.05, 3.63) is 0 Å². The molecule has 0 saturated heterocycles. The largest absolute Gasteiger partial charge is 0 e. The third kappa shape index (κ3) is 185. The molecule has 0 fully saturated rings. The average Bonchev–Trinajstić information content (AvgIpc) is 0.722. The molecule has 0 aliphatic carbocycles. The van der Waals surface area contributed by atoms with Gasteiger partial charge in [0.25, 0.3) is 0 Å². The Bertz CT molecular complexity index is 90.7. The van der Waals surface area contributed by atoms with E-state index in [4.69, 9.17) is 16.0 Å². The van der Waals surface area contributed by atoms with E-state index >= 15 is 0 Å². The van der Waals surface area contributed by atoms with Crippen molar-refractivity contribution in [1.82, 2.24) is 0 Å². The normalized spacial score (nSPS) is 9.67.